The molecule has 0 aliphatic rings. The molecule has 1 aromatic carbocycles. The minimum absolute atomic E-state index is 0.186. The minimum Gasteiger partial charge on any atom is -0.331 e. The molecule has 6 heteroatoms. The summed E-state index contributed by atoms with van der Waals surface area (Å²) in [5.74, 6) is 0.291. The van der Waals surface area contributed by atoms with E-state index in [1.165, 1.54) is 6.20 Å². The van der Waals surface area contributed by atoms with Gasteiger partial charge < -0.3 is 9.88 Å². The van der Waals surface area contributed by atoms with Crippen LogP contribution in [-0.4, -0.2) is 15.5 Å². The van der Waals surface area contributed by atoms with Crippen LogP contribution in [-0.2, 0) is 6.54 Å². The van der Waals surface area contributed by atoms with Crippen LogP contribution in [0.25, 0.3) is 10.2 Å². The van der Waals surface area contributed by atoms with Crippen molar-refractivity contribution in [3.63, 3.8) is 0 Å². The minimum atomic E-state index is -0.186. The highest BCUT2D eigenvalue weighted by atomic mass is 35.5. The first-order chi connectivity index (χ1) is 12.2. The van der Waals surface area contributed by atoms with Crippen LogP contribution in [0.15, 0.2) is 66.2 Å². The van der Waals surface area contributed by atoms with Crippen molar-refractivity contribution >= 4 is 44.9 Å². The zero-order chi connectivity index (χ0) is 17.2. The summed E-state index contributed by atoms with van der Waals surface area (Å²) in [4.78, 5) is 16.9. The van der Waals surface area contributed by atoms with Gasteiger partial charge in [0, 0.05) is 12.7 Å². The molecule has 0 fully saturated rings. The lowest BCUT2D eigenvalue weighted by Gasteiger charge is -2.11. The first kappa shape index (κ1) is 15.9. The van der Waals surface area contributed by atoms with Crippen molar-refractivity contribution < 1.29 is 4.79 Å². The van der Waals surface area contributed by atoms with Gasteiger partial charge in [0.1, 0.15) is 11.5 Å². The van der Waals surface area contributed by atoms with Crippen molar-refractivity contribution in [2.45, 2.75) is 6.54 Å². The van der Waals surface area contributed by atoms with Crippen LogP contribution in [0, 0.1) is 0 Å². The maximum absolute atomic E-state index is 12.8. The Balaban J connectivity index is 1.68. The molecule has 0 saturated heterocycles. The number of aromatic nitrogens is 2. The van der Waals surface area contributed by atoms with E-state index < -0.39 is 0 Å². The Morgan fingerprint density at radius 2 is 2.00 bits per heavy atom. The predicted molar refractivity (Wildman–Crippen MR) is 103 cm³/mol. The molecule has 4 aromatic rings. The van der Waals surface area contributed by atoms with Gasteiger partial charge >= 0.3 is 0 Å². The number of hydrogen-bond donors (Lipinski definition) is 1. The number of thiophene rings is 1. The largest absolute Gasteiger partial charge is 0.331 e. The molecule has 3 heterocycles. The lowest BCUT2D eigenvalue weighted by atomic mass is 10.2. The van der Waals surface area contributed by atoms with Crippen LogP contribution in [0.4, 0.5) is 5.82 Å². The molecular formula is C19H14ClN3OS. The van der Waals surface area contributed by atoms with Crippen LogP contribution < -0.4 is 5.32 Å². The zero-order valence-corrected chi connectivity index (χ0v) is 14.7. The molecule has 0 spiro atoms. The molecule has 0 unspecified atom stereocenters. The van der Waals surface area contributed by atoms with Crippen LogP contribution in [0.5, 0.6) is 0 Å². The lowest BCUT2D eigenvalue weighted by Crippen LogP contribution is -2.18. The number of hydrogen-bond acceptors (Lipinski definition) is 3. The van der Waals surface area contributed by atoms with E-state index in [0.29, 0.717) is 23.1 Å². The van der Waals surface area contributed by atoms with Gasteiger partial charge in [-0.25, -0.2) is 4.98 Å². The Morgan fingerprint density at radius 1 is 1.16 bits per heavy atom. The monoisotopic (exact) mass is 367 g/mol. The van der Waals surface area contributed by atoms with E-state index >= 15 is 0 Å². The van der Waals surface area contributed by atoms with E-state index in [0.717, 1.165) is 15.8 Å². The van der Waals surface area contributed by atoms with Crippen LogP contribution >= 0.6 is 22.9 Å². The molecule has 4 nitrogen and oxygen atoms in total. The van der Waals surface area contributed by atoms with E-state index in [2.05, 4.69) is 22.4 Å². The van der Waals surface area contributed by atoms with Gasteiger partial charge in [0.2, 0.25) is 0 Å². The van der Waals surface area contributed by atoms with Crippen molar-refractivity contribution in [1.82, 2.24) is 9.55 Å². The topological polar surface area (TPSA) is 46.9 Å². The van der Waals surface area contributed by atoms with E-state index in [1.807, 2.05) is 40.3 Å². The number of nitrogens with zero attached hydrogens (tertiary/aromatic N) is 2. The second kappa shape index (κ2) is 6.70. The van der Waals surface area contributed by atoms with Crippen LogP contribution in [0.2, 0.25) is 5.02 Å². The van der Waals surface area contributed by atoms with Gasteiger partial charge in [-0.1, -0.05) is 41.9 Å². The van der Waals surface area contributed by atoms with Gasteiger partial charge in [-0.2, -0.15) is 0 Å². The summed E-state index contributed by atoms with van der Waals surface area (Å²) >= 11 is 7.47. The first-order valence-corrected chi connectivity index (χ1v) is 9.00. The van der Waals surface area contributed by atoms with Crippen molar-refractivity contribution in [3.05, 3.63) is 82.5 Å². The quantitative estimate of drug-likeness (QED) is 0.548. The third-order valence-corrected chi connectivity index (χ3v) is 4.98. The Morgan fingerprint density at radius 3 is 2.76 bits per heavy atom. The van der Waals surface area contributed by atoms with Gasteiger partial charge in [0.05, 0.1) is 15.2 Å². The number of nitrogens with one attached hydrogen (secondary N) is 1. The zero-order valence-electron chi connectivity index (χ0n) is 13.1. The van der Waals surface area contributed by atoms with E-state index in [4.69, 9.17) is 11.6 Å². The molecule has 25 heavy (non-hydrogen) atoms. The highest BCUT2D eigenvalue weighted by molar-refractivity contribution is 7.17. The smallest absolute Gasteiger partial charge is 0.273 e. The van der Waals surface area contributed by atoms with Gasteiger partial charge in [0.15, 0.2) is 0 Å². The third kappa shape index (κ3) is 3.29. The lowest BCUT2D eigenvalue weighted by molar-refractivity contribution is 0.101. The Bertz CT molecular complexity index is 1020. The Hall–Kier alpha value is -2.63. The van der Waals surface area contributed by atoms with Gasteiger partial charge in [-0.3, -0.25) is 4.79 Å². The fourth-order valence-electron chi connectivity index (χ4n) is 2.73. The number of pyridine rings is 1. The molecule has 0 bridgehead atoms. The van der Waals surface area contributed by atoms with Crippen molar-refractivity contribution in [2.75, 3.05) is 5.32 Å². The predicted octanol–water partition coefficient (Wildman–Crippen LogP) is 5.05. The molecule has 0 radical (unpaired) electrons. The van der Waals surface area contributed by atoms with Crippen molar-refractivity contribution in [1.29, 1.82) is 0 Å². The average Bonchev–Trinajstić information content (AvgIpc) is 3.21. The summed E-state index contributed by atoms with van der Waals surface area (Å²) < 4.78 is 3.12. The second-order valence-electron chi connectivity index (χ2n) is 5.59. The number of carbonyl (C=O) groups excluding carboxylic acids is 1. The van der Waals surface area contributed by atoms with Crippen molar-refractivity contribution in [2.24, 2.45) is 0 Å². The fraction of sp³-hybridized carbons (Fsp3) is 0.0526. The summed E-state index contributed by atoms with van der Waals surface area (Å²) in [6, 6.07) is 17.5. The Labute approximate surface area is 153 Å². The number of benzene rings is 1. The molecule has 0 aliphatic carbocycles. The molecule has 0 saturated carbocycles. The summed E-state index contributed by atoms with van der Waals surface area (Å²) in [6.07, 6.45) is 1.51. The maximum Gasteiger partial charge on any atom is 0.273 e. The number of carbonyl (C=O) groups is 1. The number of rotatable bonds is 4. The van der Waals surface area contributed by atoms with E-state index in [1.54, 1.807) is 23.5 Å². The van der Waals surface area contributed by atoms with E-state index in [-0.39, 0.29) is 5.91 Å². The summed E-state index contributed by atoms with van der Waals surface area (Å²) in [6.45, 7) is 0.637. The molecule has 1 N–H and O–H groups in total. The fourth-order valence-corrected chi connectivity index (χ4v) is 3.67. The molecular weight excluding hydrogens is 354 g/mol. The number of halogens is 1. The van der Waals surface area contributed by atoms with Crippen LogP contribution in [0.1, 0.15) is 16.1 Å². The summed E-state index contributed by atoms with van der Waals surface area (Å²) in [5.41, 5.74) is 2.82. The van der Waals surface area contributed by atoms with Crippen LogP contribution in [0.3, 0.4) is 0 Å². The molecule has 4 rings (SSSR count). The highest BCUT2D eigenvalue weighted by Gasteiger charge is 2.17. The molecule has 0 atom stereocenters. The number of anilines is 1. The van der Waals surface area contributed by atoms with Gasteiger partial charge in [0.25, 0.3) is 5.91 Å². The molecule has 1 amide bonds. The van der Waals surface area contributed by atoms with Gasteiger partial charge in [-0.05, 0) is 35.2 Å². The summed E-state index contributed by atoms with van der Waals surface area (Å²) in [7, 11) is 0. The van der Waals surface area contributed by atoms with E-state index in [9.17, 15) is 4.79 Å². The normalized spacial score (nSPS) is 10.9. The van der Waals surface area contributed by atoms with Gasteiger partial charge in [-0.15, -0.1) is 11.3 Å². The number of amides is 1. The summed E-state index contributed by atoms with van der Waals surface area (Å²) in [5, 5.41) is 5.41. The number of fused-ring (bicyclic) bond motifs is 1. The first-order valence-electron chi connectivity index (χ1n) is 7.74. The average molecular weight is 368 g/mol. The SMILES string of the molecule is O=C(Nc1ccc(Cl)cn1)c1cc2sccc2n1Cc1ccccc1. The second-order valence-corrected chi connectivity index (χ2v) is 6.97. The maximum atomic E-state index is 12.8. The Kier molecular flexibility index (Phi) is 4.26. The third-order valence-electron chi connectivity index (χ3n) is 3.91. The van der Waals surface area contributed by atoms with Crippen molar-refractivity contribution in [3.8, 4) is 0 Å². The standard InChI is InChI=1S/C19H14ClN3OS/c20-14-6-7-18(21-11-14)22-19(24)16-10-17-15(8-9-25-17)23(16)12-13-4-2-1-3-5-13/h1-11H,12H2,(H,21,22,24). The molecule has 124 valence electrons. The molecule has 3 aromatic heterocycles. The highest BCUT2D eigenvalue weighted by Crippen LogP contribution is 2.27. The molecule has 0 aliphatic heterocycles.